The second-order valence-corrected chi connectivity index (χ2v) is 17.3. The third kappa shape index (κ3) is 7.58. The van der Waals surface area contributed by atoms with Crippen LogP contribution >= 0.6 is 0 Å². The Kier molecular flexibility index (Phi) is 9.23. The molecule has 0 aliphatic heterocycles. The highest BCUT2D eigenvalue weighted by atomic mass is 28.4. The molecule has 4 nitrogen and oxygen atoms in total. The molecule has 0 saturated heterocycles. The predicted molar refractivity (Wildman–Crippen MR) is 96.3 cm³/mol. The molecule has 1 atom stereocenters. The lowest BCUT2D eigenvalue weighted by molar-refractivity contribution is -0.142. The lowest BCUT2D eigenvalue weighted by atomic mass is 10.3. The number of rotatable bonds is 11. The number of carboxylic acid groups (broad SMARTS) is 1. The molecule has 0 amide bonds. The van der Waals surface area contributed by atoms with Gasteiger partial charge in [0.2, 0.25) is 8.32 Å². The van der Waals surface area contributed by atoms with Gasteiger partial charge in [-0.1, -0.05) is 58.7 Å². The minimum Gasteiger partial charge on any atom is -0.520 e. The largest absolute Gasteiger partial charge is 0.520 e. The fourth-order valence-electron chi connectivity index (χ4n) is 3.40. The van der Waals surface area contributed by atoms with Crippen LogP contribution in [-0.4, -0.2) is 33.4 Å². The second-order valence-electron chi connectivity index (χ2n) is 7.40. The van der Waals surface area contributed by atoms with Crippen LogP contribution in [0.2, 0.25) is 37.4 Å². The van der Waals surface area contributed by atoms with Gasteiger partial charge in [-0.15, -0.1) is 0 Å². The topological polar surface area (TPSA) is 63.6 Å². The van der Waals surface area contributed by atoms with Crippen molar-refractivity contribution in [2.45, 2.75) is 89.8 Å². The second kappa shape index (κ2) is 9.50. The standard InChI is InChI=1S/C16H34O4Si2/c1-7-9-13-21(3,4)16(10-8-2)22(5,6)20-15(19)12-11-14(17)18/h16H,7-13H2,1-6H3,(H,17,18). The minimum atomic E-state index is -2.15. The highest BCUT2D eigenvalue weighted by Crippen LogP contribution is 2.40. The number of hydrogen-bond acceptors (Lipinski definition) is 3. The van der Waals surface area contributed by atoms with Crippen LogP contribution in [0.3, 0.4) is 0 Å². The van der Waals surface area contributed by atoms with Gasteiger partial charge in [-0.05, 0) is 18.3 Å². The van der Waals surface area contributed by atoms with Gasteiger partial charge in [0.25, 0.3) is 5.97 Å². The highest BCUT2D eigenvalue weighted by Gasteiger charge is 2.45. The molecule has 22 heavy (non-hydrogen) atoms. The van der Waals surface area contributed by atoms with Crippen LogP contribution in [0.5, 0.6) is 0 Å². The number of carbonyl (C=O) groups excluding carboxylic acids is 1. The number of carboxylic acids is 1. The SMILES string of the molecule is CCCC[Si](C)(C)C(CCC)[Si](C)(C)OC(=O)CCC(=O)O. The van der Waals surface area contributed by atoms with Crippen molar-refractivity contribution in [1.29, 1.82) is 0 Å². The van der Waals surface area contributed by atoms with Crippen molar-refractivity contribution in [2.75, 3.05) is 0 Å². The Bertz CT molecular complexity index is 367. The van der Waals surface area contributed by atoms with Crippen molar-refractivity contribution in [3.8, 4) is 0 Å². The molecule has 1 unspecified atom stereocenters. The summed E-state index contributed by atoms with van der Waals surface area (Å²) in [5.41, 5.74) is 0. The zero-order valence-corrected chi connectivity index (χ0v) is 17.2. The van der Waals surface area contributed by atoms with E-state index in [-0.39, 0.29) is 18.8 Å². The zero-order valence-electron chi connectivity index (χ0n) is 15.2. The van der Waals surface area contributed by atoms with Crippen molar-refractivity contribution in [3.05, 3.63) is 0 Å². The van der Waals surface area contributed by atoms with Gasteiger partial charge in [-0.3, -0.25) is 9.59 Å². The molecule has 0 heterocycles. The Morgan fingerprint density at radius 1 is 1.05 bits per heavy atom. The van der Waals surface area contributed by atoms with Gasteiger partial charge in [0.15, 0.2) is 0 Å². The monoisotopic (exact) mass is 346 g/mol. The predicted octanol–water partition coefficient (Wildman–Crippen LogP) is 4.82. The first-order valence-corrected chi connectivity index (χ1v) is 14.8. The Morgan fingerprint density at radius 3 is 2.09 bits per heavy atom. The van der Waals surface area contributed by atoms with Gasteiger partial charge in [0.1, 0.15) is 0 Å². The maximum atomic E-state index is 12.0. The summed E-state index contributed by atoms with van der Waals surface area (Å²) >= 11 is 0. The van der Waals surface area contributed by atoms with Crippen molar-refractivity contribution < 1.29 is 19.1 Å². The number of carbonyl (C=O) groups is 2. The molecule has 0 rings (SSSR count). The third-order valence-electron chi connectivity index (χ3n) is 4.45. The van der Waals surface area contributed by atoms with Gasteiger partial charge in [-0.25, -0.2) is 0 Å². The van der Waals surface area contributed by atoms with Gasteiger partial charge >= 0.3 is 5.97 Å². The van der Waals surface area contributed by atoms with Gasteiger partial charge in [0.05, 0.1) is 20.9 Å². The van der Waals surface area contributed by atoms with E-state index < -0.39 is 22.4 Å². The quantitative estimate of drug-likeness (QED) is 0.545. The first-order chi connectivity index (χ1) is 10.1. The maximum absolute atomic E-state index is 12.0. The van der Waals surface area contributed by atoms with Crippen LogP contribution in [-0.2, 0) is 14.0 Å². The van der Waals surface area contributed by atoms with Gasteiger partial charge in [0, 0.05) is 0 Å². The number of unbranched alkanes of at least 4 members (excludes halogenated alkanes) is 1. The van der Waals surface area contributed by atoms with Crippen molar-refractivity contribution >= 4 is 28.3 Å². The Labute approximate surface area is 137 Å². The molecular formula is C16H34O4Si2. The van der Waals surface area contributed by atoms with E-state index in [1.807, 2.05) is 0 Å². The summed E-state index contributed by atoms with van der Waals surface area (Å²) in [4.78, 5) is 22.6. The molecule has 0 radical (unpaired) electrons. The summed E-state index contributed by atoms with van der Waals surface area (Å²) < 4.78 is 5.84. The van der Waals surface area contributed by atoms with Crippen molar-refractivity contribution in [3.63, 3.8) is 0 Å². The lowest BCUT2D eigenvalue weighted by Gasteiger charge is -2.41. The summed E-state index contributed by atoms with van der Waals surface area (Å²) in [6.07, 6.45) is 4.52. The van der Waals surface area contributed by atoms with Crippen LogP contribution in [0.15, 0.2) is 0 Å². The normalized spacial score (nSPS) is 13.7. The molecule has 6 heteroatoms. The number of aliphatic carboxylic acids is 1. The first kappa shape index (κ1) is 21.4. The molecule has 130 valence electrons. The summed E-state index contributed by atoms with van der Waals surface area (Å²) in [6, 6.07) is 1.28. The van der Waals surface area contributed by atoms with E-state index in [1.165, 1.54) is 18.9 Å². The van der Waals surface area contributed by atoms with Crippen LogP contribution in [0.4, 0.5) is 0 Å². The van der Waals surface area contributed by atoms with E-state index in [2.05, 4.69) is 40.0 Å². The zero-order chi connectivity index (χ0) is 17.4. The minimum absolute atomic E-state index is 0.0123. The Hall–Kier alpha value is -0.626. The van der Waals surface area contributed by atoms with Crippen molar-refractivity contribution in [2.24, 2.45) is 0 Å². The Morgan fingerprint density at radius 2 is 1.64 bits per heavy atom. The third-order valence-corrected chi connectivity index (χ3v) is 15.4. The average molecular weight is 347 g/mol. The Balaban J connectivity index is 4.95. The molecule has 0 spiro atoms. The molecule has 0 aromatic carbocycles. The van der Waals surface area contributed by atoms with Crippen molar-refractivity contribution in [1.82, 2.24) is 0 Å². The first-order valence-electron chi connectivity index (χ1n) is 8.50. The highest BCUT2D eigenvalue weighted by molar-refractivity contribution is 6.95. The molecule has 0 bridgehead atoms. The molecule has 0 saturated carbocycles. The molecule has 0 aromatic rings. The molecule has 0 aromatic heterocycles. The van der Waals surface area contributed by atoms with E-state index >= 15 is 0 Å². The van der Waals surface area contributed by atoms with E-state index in [0.29, 0.717) is 5.16 Å². The molecule has 0 aliphatic carbocycles. The summed E-state index contributed by atoms with van der Waals surface area (Å²) in [6.45, 7) is 13.5. The molecule has 1 N–H and O–H groups in total. The van der Waals surface area contributed by atoms with E-state index in [1.54, 1.807) is 0 Å². The van der Waals surface area contributed by atoms with E-state index in [4.69, 9.17) is 9.53 Å². The fraction of sp³-hybridized carbons (Fsp3) is 0.875. The van der Waals surface area contributed by atoms with Gasteiger partial charge < -0.3 is 9.53 Å². The van der Waals surface area contributed by atoms with Crippen LogP contribution in [0.25, 0.3) is 0 Å². The molecular weight excluding hydrogens is 312 g/mol. The van der Waals surface area contributed by atoms with Crippen LogP contribution in [0, 0.1) is 0 Å². The molecule has 0 fully saturated rings. The van der Waals surface area contributed by atoms with Crippen LogP contribution < -0.4 is 0 Å². The van der Waals surface area contributed by atoms with Crippen LogP contribution in [0.1, 0.15) is 52.4 Å². The summed E-state index contributed by atoms with van der Waals surface area (Å²) in [7, 11) is -3.61. The number of hydrogen-bond donors (Lipinski definition) is 1. The lowest BCUT2D eigenvalue weighted by Crippen LogP contribution is -2.50. The maximum Gasteiger partial charge on any atom is 0.303 e. The smallest absolute Gasteiger partial charge is 0.303 e. The summed E-state index contributed by atoms with van der Waals surface area (Å²) in [5, 5.41) is 9.22. The fourth-order valence-corrected chi connectivity index (χ4v) is 16.0. The average Bonchev–Trinajstić information content (AvgIpc) is 2.39. The molecule has 0 aliphatic rings. The van der Waals surface area contributed by atoms with E-state index in [0.717, 1.165) is 12.8 Å². The van der Waals surface area contributed by atoms with Gasteiger partial charge in [-0.2, -0.15) is 0 Å². The summed E-state index contributed by atoms with van der Waals surface area (Å²) in [5.74, 6) is -1.28. The van der Waals surface area contributed by atoms with E-state index in [9.17, 15) is 9.59 Å².